The molecule has 2 rings (SSSR count). The highest BCUT2D eigenvalue weighted by molar-refractivity contribution is 5.77. The number of benzene rings is 1. The molecule has 2 aromatic rings. The van der Waals surface area contributed by atoms with Crippen molar-refractivity contribution < 1.29 is 9.53 Å². The third-order valence-electron chi connectivity index (χ3n) is 3.00. The molecule has 98 valence electrons. The molecule has 3 nitrogen and oxygen atoms in total. The second-order valence-corrected chi connectivity index (χ2v) is 4.49. The van der Waals surface area contributed by atoms with Gasteiger partial charge < -0.3 is 4.74 Å². The van der Waals surface area contributed by atoms with Crippen LogP contribution in [0.2, 0.25) is 0 Å². The first kappa shape index (κ1) is 13.3. The maximum Gasteiger partial charge on any atom is 0.150 e. The van der Waals surface area contributed by atoms with Gasteiger partial charge in [0.05, 0.1) is 5.69 Å². The Bertz CT molecular complexity index is 606. The number of hydrogen-bond acceptors (Lipinski definition) is 3. The molecule has 0 saturated carbocycles. The zero-order chi connectivity index (χ0) is 13.8. The van der Waals surface area contributed by atoms with Crippen LogP contribution in [0.3, 0.4) is 0 Å². The molecule has 1 aromatic heterocycles. The van der Waals surface area contributed by atoms with Crippen LogP contribution in [0, 0.1) is 13.8 Å². The largest absolute Gasteiger partial charge is 0.455 e. The van der Waals surface area contributed by atoms with Gasteiger partial charge in [0.1, 0.15) is 17.8 Å². The fourth-order valence-corrected chi connectivity index (χ4v) is 1.91. The highest BCUT2D eigenvalue weighted by Gasteiger charge is 2.06. The molecule has 19 heavy (non-hydrogen) atoms. The molecule has 0 fully saturated rings. The van der Waals surface area contributed by atoms with Crippen LogP contribution < -0.4 is 4.74 Å². The third kappa shape index (κ3) is 2.99. The lowest BCUT2D eigenvalue weighted by molar-refractivity contribution is 0.112. The van der Waals surface area contributed by atoms with E-state index in [0.29, 0.717) is 5.56 Å². The molecule has 0 atom stereocenters. The van der Waals surface area contributed by atoms with E-state index >= 15 is 0 Å². The summed E-state index contributed by atoms with van der Waals surface area (Å²) in [6.07, 6.45) is 1.67. The van der Waals surface area contributed by atoms with Gasteiger partial charge in [0.25, 0.3) is 0 Å². The number of carbonyl (C=O) groups is 1. The van der Waals surface area contributed by atoms with Crippen molar-refractivity contribution in [3.05, 3.63) is 52.8 Å². The predicted octanol–water partition coefficient (Wildman–Crippen LogP) is 3.87. The standard InChI is InChI=1S/C16H17NO2/c1-4-15-16(8-5-12(3)17-15)19-14-7-6-13(10-18)11(2)9-14/h5-10H,4H2,1-3H3. The molecule has 1 aromatic carbocycles. The van der Waals surface area contributed by atoms with Crippen molar-refractivity contribution in [3.63, 3.8) is 0 Å². The summed E-state index contributed by atoms with van der Waals surface area (Å²) in [5, 5.41) is 0. The molecular weight excluding hydrogens is 238 g/mol. The maximum absolute atomic E-state index is 10.8. The van der Waals surface area contributed by atoms with Gasteiger partial charge in [-0.15, -0.1) is 0 Å². The smallest absolute Gasteiger partial charge is 0.150 e. The van der Waals surface area contributed by atoms with Crippen LogP contribution in [-0.4, -0.2) is 11.3 Å². The Morgan fingerprint density at radius 2 is 2.00 bits per heavy atom. The average Bonchev–Trinajstić information content (AvgIpc) is 2.41. The van der Waals surface area contributed by atoms with Gasteiger partial charge in [-0.2, -0.15) is 0 Å². The normalized spacial score (nSPS) is 10.3. The number of aromatic nitrogens is 1. The molecule has 0 saturated heterocycles. The van der Waals surface area contributed by atoms with Crippen LogP contribution in [0.1, 0.15) is 34.2 Å². The molecule has 0 amide bonds. The van der Waals surface area contributed by atoms with E-state index in [2.05, 4.69) is 11.9 Å². The Kier molecular flexibility index (Phi) is 3.95. The monoisotopic (exact) mass is 255 g/mol. The van der Waals surface area contributed by atoms with Crippen LogP contribution in [-0.2, 0) is 6.42 Å². The Balaban J connectivity index is 2.30. The molecule has 0 radical (unpaired) electrons. The van der Waals surface area contributed by atoms with Crippen molar-refractivity contribution in [1.29, 1.82) is 0 Å². The van der Waals surface area contributed by atoms with Gasteiger partial charge >= 0.3 is 0 Å². The number of nitrogens with zero attached hydrogens (tertiary/aromatic N) is 1. The van der Waals surface area contributed by atoms with E-state index in [9.17, 15) is 4.79 Å². The highest BCUT2D eigenvalue weighted by Crippen LogP contribution is 2.26. The van der Waals surface area contributed by atoms with E-state index in [1.807, 2.05) is 32.0 Å². The van der Waals surface area contributed by atoms with Crippen molar-refractivity contribution in [3.8, 4) is 11.5 Å². The summed E-state index contributed by atoms with van der Waals surface area (Å²) in [5.74, 6) is 1.50. The molecule has 0 unspecified atom stereocenters. The van der Waals surface area contributed by atoms with Crippen molar-refractivity contribution in [2.24, 2.45) is 0 Å². The van der Waals surface area contributed by atoms with Gasteiger partial charge in [0.15, 0.2) is 0 Å². The summed E-state index contributed by atoms with van der Waals surface area (Å²) >= 11 is 0. The molecule has 0 aliphatic heterocycles. The van der Waals surface area contributed by atoms with E-state index < -0.39 is 0 Å². The summed E-state index contributed by atoms with van der Waals surface area (Å²) in [6, 6.07) is 9.30. The van der Waals surface area contributed by atoms with E-state index in [-0.39, 0.29) is 0 Å². The van der Waals surface area contributed by atoms with Crippen molar-refractivity contribution in [2.75, 3.05) is 0 Å². The van der Waals surface area contributed by atoms with Crippen LogP contribution in [0.4, 0.5) is 0 Å². The minimum atomic E-state index is 0.685. The van der Waals surface area contributed by atoms with Crippen molar-refractivity contribution in [2.45, 2.75) is 27.2 Å². The Morgan fingerprint density at radius 1 is 1.21 bits per heavy atom. The van der Waals surface area contributed by atoms with Gasteiger partial charge in [-0.3, -0.25) is 9.78 Å². The van der Waals surface area contributed by atoms with Crippen molar-refractivity contribution in [1.82, 2.24) is 4.98 Å². The lowest BCUT2D eigenvalue weighted by Gasteiger charge is -2.11. The number of hydrogen-bond donors (Lipinski definition) is 0. The summed E-state index contributed by atoms with van der Waals surface area (Å²) in [4.78, 5) is 15.2. The first-order chi connectivity index (χ1) is 9.13. The summed E-state index contributed by atoms with van der Waals surface area (Å²) < 4.78 is 5.86. The van der Waals surface area contributed by atoms with Gasteiger partial charge in [0.2, 0.25) is 0 Å². The quantitative estimate of drug-likeness (QED) is 0.778. The second-order valence-electron chi connectivity index (χ2n) is 4.49. The summed E-state index contributed by atoms with van der Waals surface area (Å²) in [5.41, 5.74) is 3.52. The number of ether oxygens (including phenoxy) is 1. The number of aryl methyl sites for hydroxylation is 3. The molecule has 0 spiro atoms. The van der Waals surface area contributed by atoms with E-state index in [1.54, 1.807) is 12.1 Å². The maximum atomic E-state index is 10.8. The molecule has 3 heteroatoms. The number of pyridine rings is 1. The molecular formula is C16H17NO2. The first-order valence-corrected chi connectivity index (χ1v) is 6.34. The Hall–Kier alpha value is -2.16. The van der Waals surface area contributed by atoms with E-state index in [4.69, 9.17) is 4.74 Å². The number of aldehydes is 1. The Morgan fingerprint density at radius 3 is 2.63 bits per heavy atom. The van der Waals surface area contributed by atoms with E-state index in [1.165, 1.54) is 0 Å². The lowest BCUT2D eigenvalue weighted by Crippen LogP contribution is -1.96. The molecule has 1 heterocycles. The summed E-state index contributed by atoms with van der Waals surface area (Å²) in [6.45, 7) is 5.91. The van der Waals surface area contributed by atoms with Crippen LogP contribution in [0.15, 0.2) is 30.3 Å². The van der Waals surface area contributed by atoms with Crippen LogP contribution in [0.25, 0.3) is 0 Å². The number of carbonyl (C=O) groups excluding carboxylic acids is 1. The fraction of sp³-hybridized carbons (Fsp3) is 0.250. The third-order valence-corrected chi connectivity index (χ3v) is 3.00. The molecule has 0 N–H and O–H groups in total. The van der Waals surface area contributed by atoms with Gasteiger partial charge in [-0.25, -0.2) is 0 Å². The van der Waals surface area contributed by atoms with Gasteiger partial charge in [0, 0.05) is 11.3 Å². The molecule has 0 aliphatic rings. The minimum Gasteiger partial charge on any atom is -0.455 e. The van der Waals surface area contributed by atoms with Gasteiger partial charge in [-0.1, -0.05) is 6.92 Å². The topological polar surface area (TPSA) is 39.2 Å². The average molecular weight is 255 g/mol. The van der Waals surface area contributed by atoms with Crippen LogP contribution in [0.5, 0.6) is 11.5 Å². The minimum absolute atomic E-state index is 0.685. The SMILES string of the molecule is CCc1nc(C)ccc1Oc1ccc(C=O)c(C)c1. The zero-order valence-corrected chi connectivity index (χ0v) is 11.4. The first-order valence-electron chi connectivity index (χ1n) is 6.34. The molecule has 0 aliphatic carbocycles. The highest BCUT2D eigenvalue weighted by atomic mass is 16.5. The second kappa shape index (κ2) is 5.65. The summed E-state index contributed by atoms with van der Waals surface area (Å²) in [7, 11) is 0. The fourth-order valence-electron chi connectivity index (χ4n) is 1.91. The van der Waals surface area contributed by atoms with Crippen molar-refractivity contribution >= 4 is 6.29 Å². The zero-order valence-electron chi connectivity index (χ0n) is 11.4. The number of rotatable bonds is 4. The molecule has 0 bridgehead atoms. The Labute approximate surface area is 113 Å². The lowest BCUT2D eigenvalue weighted by atomic mass is 10.1. The van der Waals surface area contributed by atoms with Gasteiger partial charge in [-0.05, 0) is 56.2 Å². The predicted molar refractivity (Wildman–Crippen MR) is 75.0 cm³/mol. The van der Waals surface area contributed by atoms with E-state index in [0.717, 1.165) is 41.2 Å². The van der Waals surface area contributed by atoms with Crippen LogP contribution >= 0.6 is 0 Å².